The molecule has 2 aromatic heterocycles. The van der Waals surface area contributed by atoms with Gasteiger partial charge in [-0.15, -0.1) is 0 Å². The van der Waals surface area contributed by atoms with E-state index in [0.29, 0.717) is 22.7 Å². The molecule has 2 aromatic carbocycles. The molecule has 0 amide bonds. The maximum absolute atomic E-state index is 13.5. The van der Waals surface area contributed by atoms with E-state index in [4.69, 9.17) is 4.74 Å². The van der Waals surface area contributed by atoms with Gasteiger partial charge in [0.2, 0.25) is 0 Å². The number of hydrogen-bond donors (Lipinski definition) is 1. The number of ether oxygens (including phenoxy) is 1. The van der Waals surface area contributed by atoms with Gasteiger partial charge in [-0.05, 0) is 36.2 Å². The van der Waals surface area contributed by atoms with Gasteiger partial charge in [-0.3, -0.25) is 18.9 Å². The second-order valence-corrected chi connectivity index (χ2v) is 8.36. The second-order valence-electron chi connectivity index (χ2n) is 8.36. The topological polar surface area (TPSA) is 95.2 Å². The van der Waals surface area contributed by atoms with Gasteiger partial charge < -0.3 is 10.1 Å². The summed E-state index contributed by atoms with van der Waals surface area (Å²) in [4.78, 5) is 44.2. The zero-order valence-corrected chi connectivity index (χ0v) is 19.6. The molecule has 4 aromatic rings. The molecule has 3 heterocycles. The molecule has 0 aliphatic carbocycles. The number of aromatic nitrogens is 3. The van der Waals surface area contributed by atoms with Crippen LogP contribution in [0.25, 0.3) is 16.6 Å². The van der Waals surface area contributed by atoms with Crippen LogP contribution in [0.3, 0.4) is 0 Å². The SMILES string of the molecule is CCOC(=O)C1=C(c2ccccc2)Nc2c(c(=O)n(C)c(=O)n2C)[C@@H]1c1ccc2ncccc2c1. The van der Waals surface area contributed by atoms with Crippen LogP contribution in [0.5, 0.6) is 0 Å². The Bertz CT molecular complexity index is 1620. The zero-order valence-electron chi connectivity index (χ0n) is 19.6. The van der Waals surface area contributed by atoms with Gasteiger partial charge in [-0.25, -0.2) is 9.59 Å². The Balaban J connectivity index is 1.90. The maximum atomic E-state index is 13.5. The Morgan fingerprint density at radius 3 is 2.54 bits per heavy atom. The third kappa shape index (κ3) is 3.63. The summed E-state index contributed by atoms with van der Waals surface area (Å²) < 4.78 is 7.95. The molecule has 1 atom stereocenters. The van der Waals surface area contributed by atoms with Crippen LogP contribution in [0.1, 0.15) is 29.5 Å². The van der Waals surface area contributed by atoms with E-state index in [1.54, 1.807) is 20.2 Å². The van der Waals surface area contributed by atoms with Crippen molar-refractivity contribution in [3.8, 4) is 0 Å². The molecule has 8 heteroatoms. The first-order valence-corrected chi connectivity index (χ1v) is 11.3. The molecule has 0 saturated carbocycles. The summed E-state index contributed by atoms with van der Waals surface area (Å²) in [5, 5.41) is 4.10. The Morgan fingerprint density at radius 1 is 1.03 bits per heavy atom. The van der Waals surface area contributed by atoms with Crippen molar-refractivity contribution in [3.05, 3.63) is 110 Å². The van der Waals surface area contributed by atoms with Crippen LogP contribution in [0, 0.1) is 0 Å². The maximum Gasteiger partial charge on any atom is 0.337 e. The van der Waals surface area contributed by atoms with Crippen LogP contribution in [0.15, 0.2) is 82.0 Å². The fourth-order valence-electron chi connectivity index (χ4n) is 4.62. The second kappa shape index (κ2) is 8.72. The van der Waals surface area contributed by atoms with Crippen molar-refractivity contribution in [2.24, 2.45) is 14.1 Å². The quantitative estimate of drug-likeness (QED) is 0.463. The van der Waals surface area contributed by atoms with Gasteiger partial charge in [-0.2, -0.15) is 0 Å². The first kappa shape index (κ1) is 22.3. The molecular formula is C27H24N4O4. The lowest BCUT2D eigenvalue weighted by Crippen LogP contribution is -2.43. The normalized spacial score (nSPS) is 15.0. The van der Waals surface area contributed by atoms with E-state index in [1.165, 1.54) is 11.6 Å². The summed E-state index contributed by atoms with van der Waals surface area (Å²) in [7, 11) is 3.04. The molecule has 1 N–H and O–H groups in total. The lowest BCUT2D eigenvalue weighted by atomic mass is 9.80. The molecule has 5 rings (SSSR count). The Morgan fingerprint density at radius 2 is 1.80 bits per heavy atom. The fraction of sp³-hybridized carbons (Fsp3) is 0.185. The smallest absolute Gasteiger partial charge is 0.337 e. The summed E-state index contributed by atoms with van der Waals surface area (Å²) in [6.45, 7) is 1.92. The minimum atomic E-state index is -0.768. The summed E-state index contributed by atoms with van der Waals surface area (Å²) in [6.07, 6.45) is 1.71. The highest BCUT2D eigenvalue weighted by atomic mass is 16.5. The number of fused-ring (bicyclic) bond motifs is 2. The molecule has 0 bridgehead atoms. The molecule has 35 heavy (non-hydrogen) atoms. The highest BCUT2D eigenvalue weighted by Crippen LogP contribution is 2.43. The van der Waals surface area contributed by atoms with Gasteiger partial charge in [-0.1, -0.05) is 42.5 Å². The summed E-state index contributed by atoms with van der Waals surface area (Å²) in [5.41, 5.74) is 2.43. The van der Waals surface area contributed by atoms with Crippen LogP contribution in [0.4, 0.5) is 5.82 Å². The van der Waals surface area contributed by atoms with Crippen molar-refractivity contribution in [2.45, 2.75) is 12.8 Å². The molecule has 1 aliphatic rings. The standard InChI is InChI=1S/C27H24N4O4/c1-4-35-26(33)21-20(18-12-13-19-17(15-18)11-8-14-28-19)22-24(30(2)27(34)31(3)25(22)32)29-23(21)16-9-6-5-7-10-16/h5-15,20,29H,4H2,1-3H3/t20-/m1/s1. The van der Waals surface area contributed by atoms with E-state index >= 15 is 0 Å². The number of anilines is 1. The monoisotopic (exact) mass is 468 g/mol. The van der Waals surface area contributed by atoms with E-state index in [-0.39, 0.29) is 6.61 Å². The lowest BCUT2D eigenvalue weighted by molar-refractivity contribution is -0.138. The third-order valence-electron chi connectivity index (χ3n) is 6.31. The number of hydrogen-bond acceptors (Lipinski definition) is 6. The molecule has 0 fully saturated rings. The lowest BCUT2D eigenvalue weighted by Gasteiger charge is -2.32. The van der Waals surface area contributed by atoms with Crippen LogP contribution in [0.2, 0.25) is 0 Å². The molecule has 0 radical (unpaired) electrons. The van der Waals surface area contributed by atoms with Crippen LogP contribution < -0.4 is 16.6 Å². The molecule has 176 valence electrons. The van der Waals surface area contributed by atoms with E-state index in [2.05, 4.69) is 10.3 Å². The molecule has 0 saturated heterocycles. The average Bonchev–Trinajstić information content (AvgIpc) is 2.89. The number of carbonyl (C=O) groups is 1. The number of rotatable bonds is 4. The third-order valence-corrected chi connectivity index (χ3v) is 6.31. The van der Waals surface area contributed by atoms with Crippen molar-refractivity contribution in [1.29, 1.82) is 0 Å². The highest BCUT2D eigenvalue weighted by Gasteiger charge is 2.39. The Labute approximate surface area is 201 Å². The fourth-order valence-corrected chi connectivity index (χ4v) is 4.62. The van der Waals surface area contributed by atoms with Crippen molar-refractivity contribution >= 4 is 28.4 Å². The van der Waals surface area contributed by atoms with Crippen LogP contribution >= 0.6 is 0 Å². The predicted molar refractivity (Wildman–Crippen MR) is 134 cm³/mol. The van der Waals surface area contributed by atoms with Gasteiger partial charge in [0.05, 0.1) is 34.9 Å². The average molecular weight is 469 g/mol. The van der Waals surface area contributed by atoms with Crippen molar-refractivity contribution in [1.82, 2.24) is 14.1 Å². The summed E-state index contributed by atoms with van der Waals surface area (Å²) >= 11 is 0. The van der Waals surface area contributed by atoms with E-state index < -0.39 is 23.1 Å². The van der Waals surface area contributed by atoms with Crippen molar-refractivity contribution in [3.63, 3.8) is 0 Å². The van der Waals surface area contributed by atoms with Gasteiger partial charge in [0.15, 0.2) is 0 Å². The molecular weight excluding hydrogens is 444 g/mol. The van der Waals surface area contributed by atoms with Crippen LogP contribution in [-0.4, -0.2) is 26.7 Å². The molecule has 1 aliphatic heterocycles. The van der Waals surface area contributed by atoms with Crippen molar-refractivity contribution < 1.29 is 9.53 Å². The Hall–Kier alpha value is -4.46. The number of benzene rings is 2. The minimum Gasteiger partial charge on any atom is -0.463 e. The molecule has 0 unspecified atom stereocenters. The summed E-state index contributed by atoms with van der Waals surface area (Å²) in [5.74, 6) is -0.950. The largest absolute Gasteiger partial charge is 0.463 e. The zero-order chi connectivity index (χ0) is 24.7. The first-order valence-electron chi connectivity index (χ1n) is 11.3. The highest BCUT2D eigenvalue weighted by molar-refractivity contribution is 6.04. The number of esters is 1. The van der Waals surface area contributed by atoms with Gasteiger partial charge in [0.25, 0.3) is 5.56 Å². The predicted octanol–water partition coefficient (Wildman–Crippen LogP) is 3.16. The molecule has 8 nitrogen and oxygen atoms in total. The first-order chi connectivity index (χ1) is 16.9. The molecule has 0 spiro atoms. The van der Waals surface area contributed by atoms with Crippen LogP contribution in [-0.2, 0) is 23.6 Å². The van der Waals surface area contributed by atoms with Gasteiger partial charge in [0.1, 0.15) is 5.82 Å². The van der Waals surface area contributed by atoms with E-state index in [0.717, 1.165) is 26.6 Å². The minimum absolute atomic E-state index is 0.177. The van der Waals surface area contributed by atoms with E-state index in [1.807, 2.05) is 60.7 Å². The number of nitrogens with zero attached hydrogens (tertiary/aromatic N) is 3. The number of carbonyl (C=O) groups excluding carboxylic acids is 1. The van der Waals surface area contributed by atoms with Crippen molar-refractivity contribution in [2.75, 3.05) is 11.9 Å². The van der Waals surface area contributed by atoms with Gasteiger partial charge in [0, 0.05) is 25.7 Å². The van der Waals surface area contributed by atoms with Gasteiger partial charge >= 0.3 is 11.7 Å². The number of nitrogens with one attached hydrogen (secondary N) is 1. The summed E-state index contributed by atoms with van der Waals surface area (Å²) in [6, 6.07) is 18.8. The van der Waals surface area contributed by atoms with E-state index in [9.17, 15) is 14.4 Å². The Kier molecular flexibility index (Phi) is 5.56. The number of pyridine rings is 1.